The van der Waals surface area contributed by atoms with E-state index in [4.69, 9.17) is 9.47 Å². The molecule has 0 spiro atoms. The lowest BCUT2D eigenvalue weighted by molar-refractivity contribution is 0.407. The van der Waals surface area contributed by atoms with Gasteiger partial charge in [0.25, 0.3) is 0 Å². The Kier molecular flexibility index (Phi) is 5.13. The summed E-state index contributed by atoms with van der Waals surface area (Å²) in [6.07, 6.45) is 2.98. The SMILES string of the molecule is c1ccc([SiH2]C(c2ccc(CC3CO3)cc2)c2ccc(CC3CO3)cc2)cc1. The van der Waals surface area contributed by atoms with Gasteiger partial charge in [0.15, 0.2) is 0 Å². The number of hydrogen-bond acceptors (Lipinski definition) is 2. The van der Waals surface area contributed by atoms with Gasteiger partial charge >= 0.3 is 0 Å². The Morgan fingerprint density at radius 1 is 0.679 bits per heavy atom. The van der Waals surface area contributed by atoms with E-state index >= 15 is 0 Å². The minimum absolute atomic E-state index is 0.448. The number of ether oxygens (including phenoxy) is 2. The molecule has 2 heterocycles. The van der Waals surface area contributed by atoms with Crippen LogP contribution in [-0.4, -0.2) is 34.9 Å². The monoisotopic (exact) mass is 386 g/mol. The number of epoxide rings is 2. The summed E-state index contributed by atoms with van der Waals surface area (Å²) in [6, 6.07) is 29.5. The average molecular weight is 387 g/mol. The van der Waals surface area contributed by atoms with Crippen molar-refractivity contribution in [3.63, 3.8) is 0 Å². The molecular weight excluding hydrogens is 360 g/mol. The van der Waals surface area contributed by atoms with Crippen molar-refractivity contribution in [2.45, 2.75) is 30.6 Å². The maximum atomic E-state index is 5.38. The largest absolute Gasteiger partial charge is 0.373 e. The molecule has 0 saturated carbocycles. The highest BCUT2D eigenvalue weighted by Gasteiger charge is 2.24. The Morgan fingerprint density at radius 3 is 1.57 bits per heavy atom. The van der Waals surface area contributed by atoms with Crippen LogP contribution in [0.25, 0.3) is 0 Å². The molecule has 2 atom stereocenters. The van der Waals surface area contributed by atoms with Crippen molar-refractivity contribution in [1.29, 1.82) is 0 Å². The first-order valence-corrected chi connectivity index (χ1v) is 11.8. The lowest BCUT2D eigenvalue weighted by Crippen LogP contribution is -2.22. The minimum atomic E-state index is -0.487. The number of rotatable bonds is 8. The Labute approximate surface area is 169 Å². The molecule has 2 aliphatic heterocycles. The van der Waals surface area contributed by atoms with E-state index in [1.807, 2.05) is 0 Å². The van der Waals surface area contributed by atoms with Gasteiger partial charge in [0, 0.05) is 18.4 Å². The Morgan fingerprint density at radius 2 is 1.14 bits per heavy atom. The highest BCUT2D eigenvalue weighted by molar-refractivity contribution is 6.55. The second-order valence-corrected chi connectivity index (χ2v) is 10.1. The van der Waals surface area contributed by atoms with Crippen LogP contribution in [0, 0.1) is 0 Å². The summed E-state index contributed by atoms with van der Waals surface area (Å²) in [6.45, 7) is 1.84. The van der Waals surface area contributed by atoms with Crippen molar-refractivity contribution in [2.75, 3.05) is 13.2 Å². The molecule has 2 saturated heterocycles. The van der Waals surface area contributed by atoms with Crippen LogP contribution in [0.3, 0.4) is 0 Å². The molecule has 3 heteroatoms. The highest BCUT2D eigenvalue weighted by Crippen LogP contribution is 2.26. The van der Waals surface area contributed by atoms with Gasteiger partial charge in [-0.2, -0.15) is 0 Å². The lowest BCUT2D eigenvalue weighted by atomic mass is 9.99. The van der Waals surface area contributed by atoms with Crippen LogP contribution >= 0.6 is 0 Å². The zero-order chi connectivity index (χ0) is 18.8. The third kappa shape index (κ3) is 4.61. The summed E-state index contributed by atoms with van der Waals surface area (Å²) in [4.78, 5) is 0. The molecule has 2 fully saturated rings. The van der Waals surface area contributed by atoms with Crippen LogP contribution in [0.1, 0.15) is 27.8 Å². The molecule has 3 aromatic rings. The van der Waals surface area contributed by atoms with E-state index < -0.39 is 9.52 Å². The fourth-order valence-corrected chi connectivity index (χ4v) is 5.98. The smallest absolute Gasteiger partial charge is 0.0850 e. The summed E-state index contributed by atoms with van der Waals surface area (Å²) in [5.74, 6) is 0. The molecule has 0 amide bonds. The van der Waals surface area contributed by atoms with Crippen LogP contribution in [0.4, 0.5) is 0 Å². The number of benzene rings is 3. The van der Waals surface area contributed by atoms with Gasteiger partial charge in [-0.05, 0) is 22.3 Å². The van der Waals surface area contributed by atoms with Gasteiger partial charge in [0.05, 0.1) is 34.9 Å². The van der Waals surface area contributed by atoms with E-state index in [2.05, 4.69) is 78.9 Å². The predicted molar refractivity (Wildman–Crippen MR) is 116 cm³/mol. The van der Waals surface area contributed by atoms with Gasteiger partial charge in [-0.3, -0.25) is 0 Å². The van der Waals surface area contributed by atoms with E-state index in [1.54, 1.807) is 0 Å². The molecule has 5 rings (SSSR count). The third-order valence-electron chi connectivity index (χ3n) is 5.78. The van der Waals surface area contributed by atoms with E-state index in [9.17, 15) is 0 Å². The Hall–Kier alpha value is -2.20. The van der Waals surface area contributed by atoms with Crippen molar-refractivity contribution in [3.8, 4) is 0 Å². The minimum Gasteiger partial charge on any atom is -0.373 e. The van der Waals surface area contributed by atoms with Crippen molar-refractivity contribution in [1.82, 2.24) is 0 Å². The standard InChI is InChI=1S/C25H26O2Si/c1-2-4-24(5-3-1)28-25(20-10-6-18(7-11-20)14-22-16-26-22)21-12-8-19(9-13-21)15-23-17-27-23/h1-13,22-23,25H,14-17,28H2. The van der Waals surface area contributed by atoms with E-state index in [0.717, 1.165) is 26.1 Å². The first-order chi connectivity index (χ1) is 13.8. The van der Waals surface area contributed by atoms with Crippen molar-refractivity contribution >= 4 is 14.7 Å². The number of hydrogen-bond donors (Lipinski definition) is 0. The summed E-state index contributed by atoms with van der Waals surface area (Å²) in [7, 11) is -0.487. The van der Waals surface area contributed by atoms with Gasteiger partial charge in [-0.1, -0.05) is 84.0 Å². The molecule has 142 valence electrons. The van der Waals surface area contributed by atoms with Gasteiger partial charge in [0.2, 0.25) is 0 Å². The summed E-state index contributed by atoms with van der Waals surface area (Å²) in [5.41, 5.74) is 6.14. The molecule has 0 N–H and O–H groups in total. The molecular formula is C25H26O2Si. The third-order valence-corrected chi connectivity index (χ3v) is 8.07. The molecule has 2 aliphatic rings. The lowest BCUT2D eigenvalue weighted by Gasteiger charge is -2.19. The molecule has 0 aromatic heterocycles. The van der Waals surface area contributed by atoms with Crippen LogP contribution in [0.2, 0.25) is 0 Å². The van der Waals surface area contributed by atoms with E-state index in [0.29, 0.717) is 17.7 Å². The maximum absolute atomic E-state index is 5.38. The molecule has 3 aromatic carbocycles. The molecule has 0 aliphatic carbocycles. The van der Waals surface area contributed by atoms with E-state index in [-0.39, 0.29) is 0 Å². The zero-order valence-electron chi connectivity index (χ0n) is 16.1. The summed E-state index contributed by atoms with van der Waals surface area (Å²) >= 11 is 0. The Bertz CT molecular complexity index is 840. The second-order valence-electron chi connectivity index (χ2n) is 8.04. The fourth-order valence-electron chi connectivity index (χ4n) is 3.95. The van der Waals surface area contributed by atoms with Gasteiger partial charge in [-0.15, -0.1) is 0 Å². The summed E-state index contributed by atoms with van der Waals surface area (Å²) in [5, 5.41) is 1.51. The van der Waals surface area contributed by atoms with Crippen molar-refractivity contribution in [3.05, 3.63) is 101 Å². The Balaban J connectivity index is 1.40. The fraction of sp³-hybridized carbons (Fsp3) is 0.280. The van der Waals surface area contributed by atoms with Crippen molar-refractivity contribution in [2.24, 2.45) is 0 Å². The first kappa shape index (κ1) is 17.9. The normalized spacial score (nSPS) is 21.7. The molecule has 0 bridgehead atoms. The quantitative estimate of drug-likeness (QED) is 0.439. The van der Waals surface area contributed by atoms with E-state index in [1.165, 1.54) is 27.4 Å². The molecule has 2 nitrogen and oxygen atoms in total. The van der Waals surface area contributed by atoms with Gasteiger partial charge in [0.1, 0.15) is 0 Å². The first-order valence-electron chi connectivity index (χ1n) is 10.3. The van der Waals surface area contributed by atoms with Crippen molar-refractivity contribution < 1.29 is 9.47 Å². The highest BCUT2D eigenvalue weighted by atomic mass is 28.2. The predicted octanol–water partition coefficient (Wildman–Crippen LogP) is 3.15. The van der Waals surface area contributed by atoms with Crippen LogP contribution in [-0.2, 0) is 22.3 Å². The molecule has 0 radical (unpaired) electrons. The van der Waals surface area contributed by atoms with Crippen LogP contribution in [0.5, 0.6) is 0 Å². The van der Waals surface area contributed by atoms with Crippen LogP contribution < -0.4 is 5.19 Å². The molecule has 28 heavy (non-hydrogen) atoms. The van der Waals surface area contributed by atoms with Gasteiger partial charge < -0.3 is 9.47 Å². The average Bonchev–Trinajstić information content (AvgIpc) is 3.66. The maximum Gasteiger partial charge on any atom is 0.0850 e. The van der Waals surface area contributed by atoms with Crippen LogP contribution in [0.15, 0.2) is 78.9 Å². The second kappa shape index (κ2) is 8.04. The summed E-state index contributed by atoms with van der Waals surface area (Å²) < 4.78 is 10.8. The zero-order valence-corrected chi connectivity index (χ0v) is 17.5. The molecule has 2 unspecified atom stereocenters. The van der Waals surface area contributed by atoms with Gasteiger partial charge in [-0.25, -0.2) is 0 Å². The topological polar surface area (TPSA) is 25.1 Å².